The molecule has 1 aromatic carbocycles. The summed E-state index contributed by atoms with van der Waals surface area (Å²) in [4.78, 5) is 0.0320. The van der Waals surface area contributed by atoms with Gasteiger partial charge in [-0.05, 0) is 30.5 Å². The maximum atomic E-state index is 12.1. The van der Waals surface area contributed by atoms with Crippen LogP contribution in [0.2, 0.25) is 5.02 Å². The highest BCUT2D eigenvalue weighted by Crippen LogP contribution is 2.27. The van der Waals surface area contributed by atoms with Crippen molar-refractivity contribution < 1.29 is 8.42 Å². The van der Waals surface area contributed by atoms with Crippen molar-refractivity contribution >= 4 is 21.6 Å². The lowest BCUT2D eigenvalue weighted by atomic mass is 10.1. The van der Waals surface area contributed by atoms with Gasteiger partial charge >= 0.3 is 0 Å². The number of benzene rings is 1. The molecule has 2 rings (SSSR count). The van der Waals surface area contributed by atoms with Crippen molar-refractivity contribution in [1.82, 2.24) is 4.72 Å². The fraction of sp³-hybridized carbons (Fsp3) is 0.500. The van der Waals surface area contributed by atoms with Crippen molar-refractivity contribution in [3.8, 4) is 6.07 Å². The van der Waals surface area contributed by atoms with Crippen LogP contribution < -0.4 is 4.72 Å². The molecule has 6 heteroatoms. The summed E-state index contributed by atoms with van der Waals surface area (Å²) in [5.41, 5.74) is 0.347. The Morgan fingerprint density at radius 3 is 2.65 bits per heavy atom. The summed E-state index contributed by atoms with van der Waals surface area (Å²) in [7, 11) is -3.60. The number of sulfonamides is 1. The summed E-state index contributed by atoms with van der Waals surface area (Å²) in [5, 5.41) is 8.83. The summed E-state index contributed by atoms with van der Waals surface area (Å²) in [5.74, 6) is 0.633. The predicted octanol–water partition coefficient (Wildman–Crippen LogP) is 3.07. The highest BCUT2D eigenvalue weighted by molar-refractivity contribution is 7.89. The van der Waals surface area contributed by atoms with E-state index in [4.69, 9.17) is 16.9 Å². The van der Waals surface area contributed by atoms with Crippen molar-refractivity contribution in [2.24, 2.45) is 5.92 Å². The fourth-order valence-corrected chi connectivity index (χ4v) is 4.15. The molecular formula is C14H17ClN2O2S. The number of rotatable bonds is 5. The van der Waals surface area contributed by atoms with Gasteiger partial charge in [0.1, 0.15) is 4.90 Å². The Hall–Kier alpha value is -1.09. The van der Waals surface area contributed by atoms with E-state index in [1.165, 1.54) is 43.9 Å². The highest BCUT2D eigenvalue weighted by atomic mass is 35.5. The normalized spacial score (nSPS) is 16.2. The molecular weight excluding hydrogens is 296 g/mol. The van der Waals surface area contributed by atoms with Crippen LogP contribution in [0.1, 0.15) is 37.7 Å². The summed E-state index contributed by atoms with van der Waals surface area (Å²) in [6.45, 7) is 0.434. The first kappa shape index (κ1) is 15.3. The van der Waals surface area contributed by atoms with E-state index in [9.17, 15) is 8.42 Å². The zero-order valence-electron chi connectivity index (χ0n) is 11.1. The SMILES string of the molecule is N#Cc1ccc(S(=O)(=O)NCCC2CCCC2)c(Cl)c1. The van der Waals surface area contributed by atoms with Crippen LogP contribution in [0, 0.1) is 17.2 Å². The number of hydrogen-bond acceptors (Lipinski definition) is 3. The lowest BCUT2D eigenvalue weighted by Crippen LogP contribution is -2.26. The van der Waals surface area contributed by atoms with Gasteiger partial charge in [0.15, 0.2) is 0 Å². The summed E-state index contributed by atoms with van der Waals surface area (Å²) < 4.78 is 26.9. The molecule has 108 valence electrons. The molecule has 0 spiro atoms. The van der Waals surface area contributed by atoms with Gasteiger partial charge in [-0.25, -0.2) is 13.1 Å². The Balaban J connectivity index is 2.00. The van der Waals surface area contributed by atoms with E-state index < -0.39 is 10.0 Å². The van der Waals surface area contributed by atoms with E-state index in [0.29, 0.717) is 18.0 Å². The number of nitriles is 1. The van der Waals surface area contributed by atoms with Gasteiger partial charge in [-0.3, -0.25) is 0 Å². The third-order valence-electron chi connectivity index (χ3n) is 3.67. The van der Waals surface area contributed by atoms with Gasteiger partial charge in [0.25, 0.3) is 0 Å². The van der Waals surface area contributed by atoms with E-state index >= 15 is 0 Å². The maximum absolute atomic E-state index is 12.1. The minimum absolute atomic E-state index is 0.0320. The Morgan fingerprint density at radius 1 is 1.35 bits per heavy atom. The van der Waals surface area contributed by atoms with Gasteiger partial charge in [-0.2, -0.15) is 5.26 Å². The van der Waals surface area contributed by atoms with Crippen molar-refractivity contribution in [2.75, 3.05) is 6.54 Å². The summed E-state index contributed by atoms with van der Waals surface area (Å²) in [6.07, 6.45) is 5.75. The van der Waals surface area contributed by atoms with E-state index in [2.05, 4.69) is 4.72 Å². The molecule has 0 heterocycles. The van der Waals surface area contributed by atoms with Gasteiger partial charge in [0.2, 0.25) is 10.0 Å². The Kier molecular flexibility index (Phi) is 5.03. The van der Waals surface area contributed by atoms with Gasteiger partial charge < -0.3 is 0 Å². The number of nitrogens with zero attached hydrogens (tertiary/aromatic N) is 1. The fourth-order valence-electron chi connectivity index (χ4n) is 2.56. The van der Waals surface area contributed by atoms with Crippen LogP contribution in [0.3, 0.4) is 0 Å². The number of halogens is 1. The standard InChI is InChI=1S/C14H17ClN2O2S/c15-13-9-12(10-16)5-6-14(13)20(18,19)17-8-7-11-3-1-2-4-11/h5-6,9,11,17H,1-4,7-8H2. The number of hydrogen-bond donors (Lipinski definition) is 1. The van der Waals surface area contributed by atoms with Crippen molar-refractivity contribution in [3.05, 3.63) is 28.8 Å². The van der Waals surface area contributed by atoms with Crippen LogP contribution in [0.15, 0.2) is 23.1 Å². The number of nitrogens with one attached hydrogen (secondary N) is 1. The molecule has 0 saturated heterocycles. The topological polar surface area (TPSA) is 70.0 Å². The summed E-state index contributed by atoms with van der Waals surface area (Å²) in [6, 6.07) is 6.12. The van der Waals surface area contributed by atoms with Crippen LogP contribution >= 0.6 is 11.6 Å². The average Bonchev–Trinajstić information content (AvgIpc) is 2.91. The molecule has 0 atom stereocenters. The Labute approximate surface area is 124 Å². The van der Waals surface area contributed by atoms with Gasteiger partial charge in [0.05, 0.1) is 16.7 Å². The first-order chi connectivity index (χ1) is 9.53. The second kappa shape index (κ2) is 6.57. The van der Waals surface area contributed by atoms with Crippen LogP contribution in [0.25, 0.3) is 0 Å². The molecule has 0 amide bonds. The molecule has 0 bridgehead atoms. The third kappa shape index (κ3) is 3.72. The molecule has 20 heavy (non-hydrogen) atoms. The van der Waals surface area contributed by atoms with Crippen molar-refractivity contribution in [2.45, 2.75) is 37.0 Å². The van der Waals surface area contributed by atoms with Crippen LogP contribution in [-0.4, -0.2) is 15.0 Å². The molecule has 0 unspecified atom stereocenters. The second-order valence-electron chi connectivity index (χ2n) is 5.09. The predicted molar refractivity (Wildman–Crippen MR) is 77.9 cm³/mol. The van der Waals surface area contributed by atoms with Gasteiger partial charge in [-0.15, -0.1) is 0 Å². The highest BCUT2D eigenvalue weighted by Gasteiger charge is 2.20. The largest absolute Gasteiger partial charge is 0.242 e. The van der Waals surface area contributed by atoms with Gasteiger partial charge in [-0.1, -0.05) is 37.3 Å². The molecule has 0 aliphatic heterocycles. The minimum atomic E-state index is -3.60. The molecule has 4 nitrogen and oxygen atoms in total. The van der Waals surface area contributed by atoms with Gasteiger partial charge in [0, 0.05) is 6.54 Å². The molecule has 0 radical (unpaired) electrons. The molecule has 1 aliphatic carbocycles. The molecule has 1 fully saturated rings. The first-order valence-corrected chi connectivity index (χ1v) is 8.58. The van der Waals surface area contributed by atoms with E-state index in [-0.39, 0.29) is 9.92 Å². The lowest BCUT2D eigenvalue weighted by Gasteiger charge is -2.11. The monoisotopic (exact) mass is 312 g/mol. The maximum Gasteiger partial charge on any atom is 0.242 e. The smallest absolute Gasteiger partial charge is 0.211 e. The second-order valence-corrected chi connectivity index (χ2v) is 7.24. The van der Waals surface area contributed by atoms with Crippen LogP contribution in [-0.2, 0) is 10.0 Å². The average molecular weight is 313 g/mol. The minimum Gasteiger partial charge on any atom is -0.211 e. The zero-order valence-corrected chi connectivity index (χ0v) is 12.7. The molecule has 1 aromatic rings. The lowest BCUT2D eigenvalue weighted by molar-refractivity contribution is 0.495. The van der Waals surface area contributed by atoms with Crippen LogP contribution in [0.4, 0.5) is 0 Å². The quantitative estimate of drug-likeness (QED) is 0.908. The van der Waals surface area contributed by atoms with Crippen LogP contribution in [0.5, 0.6) is 0 Å². The molecule has 1 saturated carbocycles. The van der Waals surface area contributed by atoms with E-state index in [1.807, 2.05) is 6.07 Å². The zero-order chi connectivity index (χ0) is 14.6. The summed E-state index contributed by atoms with van der Waals surface area (Å²) >= 11 is 5.93. The molecule has 1 N–H and O–H groups in total. The Bertz CT molecular complexity index is 617. The Morgan fingerprint density at radius 2 is 2.05 bits per heavy atom. The van der Waals surface area contributed by atoms with Crippen molar-refractivity contribution in [1.29, 1.82) is 5.26 Å². The van der Waals surface area contributed by atoms with E-state index in [0.717, 1.165) is 6.42 Å². The third-order valence-corrected chi connectivity index (χ3v) is 5.61. The van der Waals surface area contributed by atoms with Crippen molar-refractivity contribution in [3.63, 3.8) is 0 Å². The molecule has 1 aliphatic rings. The first-order valence-electron chi connectivity index (χ1n) is 6.72. The van der Waals surface area contributed by atoms with E-state index in [1.54, 1.807) is 0 Å². The molecule has 0 aromatic heterocycles.